The molecule has 0 saturated heterocycles. The molecule has 118 valence electrons. The Morgan fingerprint density at radius 1 is 1.00 bits per heavy atom. The Bertz CT molecular complexity index is 763. The van der Waals surface area contributed by atoms with Gasteiger partial charge in [-0.05, 0) is 38.0 Å². The minimum atomic E-state index is 0.630. The Hall–Kier alpha value is -2.62. The van der Waals surface area contributed by atoms with Crippen molar-refractivity contribution in [3.63, 3.8) is 0 Å². The number of nitrogens with zero attached hydrogens (tertiary/aromatic N) is 2. The highest BCUT2D eigenvalue weighted by Crippen LogP contribution is 2.20. The zero-order valence-corrected chi connectivity index (χ0v) is 13.5. The van der Waals surface area contributed by atoms with Crippen LogP contribution in [0.5, 0.6) is 5.75 Å². The smallest absolute Gasteiger partial charge is 0.227 e. The maximum absolute atomic E-state index is 5.70. The number of hydrogen-bond donors (Lipinski definition) is 0. The van der Waals surface area contributed by atoms with Gasteiger partial charge in [-0.15, -0.1) is 0 Å². The van der Waals surface area contributed by atoms with Gasteiger partial charge >= 0.3 is 0 Å². The molecule has 3 aromatic rings. The molecule has 0 amide bonds. The lowest BCUT2D eigenvalue weighted by Crippen LogP contribution is -1.99. The van der Waals surface area contributed by atoms with E-state index < -0.39 is 0 Å². The monoisotopic (exact) mass is 308 g/mol. The van der Waals surface area contributed by atoms with Crippen LogP contribution in [0.25, 0.3) is 11.4 Å². The van der Waals surface area contributed by atoms with Crippen molar-refractivity contribution in [2.75, 3.05) is 6.61 Å². The molecular weight excluding hydrogens is 288 g/mol. The van der Waals surface area contributed by atoms with Crippen LogP contribution in [0.4, 0.5) is 0 Å². The summed E-state index contributed by atoms with van der Waals surface area (Å²) in [5.74, 6) is 2.19. The lowest BCUT2D eigenvalue weighted by molar-refractivity contribution is 0.298. The van der Waals surface area contributed by atoms with Crippen LogP contribution in [0.15, 0.2) is 53.1 Å². The molecule has 0 aliphatic carbocycles. The highest BCUT2D eigenvalue weighted by atomic mass is 16.5. The van der Waals surface area contributed by atoms with E-state index >= 15 is 0 Å². The van der Waals surface area contributed by atoms with Gasteiger partial charge in [0.15, 0.2) is 0 Å². The summed E-state index contributed by atoms with van der Waals surface area (Å²) in [7, 11) is 0. The molecule has 0 aliphatic heterocycles. The minimum absolute atomic E-state index is 0.630. The highest BCUT2D eigenvalue weighted by molar-refractivity contribution is 5.58. The second kappa shape index (κ2) is 7.09. The van der Waals surface area contributed by atoms with Crippen LogP contribution in [0.1, 0.15) is 23.4 Å². The third-order valence-corrected chi connectivity index (χ3v) is 3.68. The predicted octanol–water partition coefficient (Wildman–Crippen LogP) is 4.37. The first-order valence-corrected chi connectivity index (χ1v) is 7.80. The van der Waals surface area contributed by atoms with Crippen molar-refractivity contribution >= 4 is 0 Å². The van der Waals surface area contributed by atoms with Crippen LogP contribution in [-0.2, 0) is 6.42 Å². The number of hydrogen-bond acceptors (Lipinski definition) is 4. The summed E-state index contributed by atoms with van der Waals surface area (Å²) in [5, 5.41) is 4.07. The summed E-state index contributed by atoms with van der Waals surface area (Å²) in [6.07, 6.45) is 1.55. The second-order valence-corrected chi connectivity index (χ2v) is 5.59. The van der Waals surface area contributed by atoms with Crippen LogP contribution in [-0.4, -0.2) is 16.7 Å². The van der Waals surface area contributed by atoms with Gasteiger partial charge in [0, 0.05) is 12.0 Å². The molecule has 0 fully saturated rings. The molecule has 1 heterocycles. The molecule has 4 heteroatoms. The summed E-state index contributed by atoms with van der Waals surface area (Å²) in [6, 6.07) is 16.1. The minimum Gasteiger partial charge on any atom is -0.494 e. The van der Waals surface area contributed by atoms with E-state index in [2.05, 4.69) is 17.1 Å². The molecule has 0 radical (unpaired) electrons. The van der Waals surface area contributed by atoms with Gasteiger partial charge in [-0.2, -0.15) is 4.98 Å². The summed E-state index contributed by atoms with van der Waals surface area (Å²) in [4.78, 5) is 4.46. The molecule has 0 N–H and O–H groups in total. The zero-order chi connectivity index (χ0) is 16.1. The van der Waals surface area contributed by atoms with Gasteiger partial charge in [0.2, 0.25) is 11.7 Å². The van der Waals surface area contributed by atoms with Gasteiger partial charge in [0.25, 0.3) is 0 Å². The van der Waals surface area contributed by atoms with Crippen molar-refractivity contribution in [3.05, 3.63) is 65.5 Å². The molecule has 0 unspecified atom stereocenters. The van der Waals surface area contributed by atoms with Crippen LogP contribution in [0, 0.1) is 13.8 Å². The number of aryl methyl sites for hydroxylation is 3. The second-order valence-electron chi connectivity index (χ2n) is 5.59. The van der Waals surface area contributed by atoms with Crippen LogP contribution in [0.2, 0.25) is 0 Å². The van der Waals surface area contributed by atoms with E-state index in [9.17, 15) is 0 Å². The summed E-state index contributed by atoms with van der Waals surface area (Å²) < 4.78 is 11.0. The summed E-state index contributed by atoms with van der Waals surface area (Å²) in [5.41, 5.74) is 3.38. The SMILES string of the molecule is Cc1ccc(OCCCc2nc(-c3ccccc3C)no2)cc1. The van der Waals surface area contributed by atoms with Crippen molar-refractivity contribution in [2.24, 2.45) is 0 Å². The first kappa shape index (κ1) is 15.3. The molecule has 0 spiro atoms. The zero-order valence-electron chi connectivity index (χ0n) is 13.5. The Labute approximate surface area is 136 Å². The van der Waals surface area contributed by atoms with Crippen molar-refractivity contribution in [3.8, 4) is 17.1 Å². The summed E-state index contributed by atoms with van der Waals surface area (Å²) >= 11 is 0. The molecule has 0 aliphatic rings. The lowest BCUT2D eigenvalue weighted by Gasteiger charge is -2.04. The lowest BCUT2D eigenvalue weighted by atomic mass is 10.1. The van der Waals surface area contributed by atoms with Gasteiger partial charge in [-0.25, -0.2) is 0 Å². The average Bonchev–Trinajstić information content (AvgIpc) is 3.02. The third kappa shape index (κ3) is 3.97. The van der Waals surface area contributed by atoms with Gasteiger partial charge in [-0.1, -0.05) is 47.1 Å². The Kier molecular flexibility index (Phi) is 4.71. The van der Waals surface area contributed by atoms with Crippen molar-refractivity contribution < 1.29 is 9.26 Å². The van der Waals surface area contributed by atoms with Crippen molar-refractivity contribution in [1.29, 1.82) is 0 Å². The molecule has 0 atom stereocenters. The molecule has 23 heavy (non-hydrogen) atoms. The Morgan fingerprint density at radius 2 is 1.78 bits per heavy atom. The Balaban J connectivity index is 1.52. The molecule has 1 aromatic heterocycles. The van der Waals surface area contributed by atoms with Crippen molar-refractivity contribution in [1.82, 2.24) is 10.1 Å². The van der Waals surface area contributed by atoms with Crippen LogP contribution < -0.4 is 4.74 Å². The van der Waals surface area contributed by atoms with E-state index in [1.165, 1.54) is 5.56 Å². The third-order valence-electron chi connectivity index (χ3n) is 3.68. The first-order chi connectivity index (χ1) is 11.2. The molecule has 2 aromatic carbocycles. The van der Waals surface area contributed by atoms with Gasteiger partial charge in [0.1, 0.15) is 5.75 Å². The normalized spacial score (nSPS) is 10.7. The van der Waals surface area contributed by atoms with E-state index in [-0.39, 0.29) is 0 Å². The molecular formula is C19H20N2O2. The number of benzene rings is 2. The quantitative estimate of drug-likeness (QED) is 0.635. The van der Waals surface area contributed by atoms with E-state index in [1.54, 1.807) is 0 Å². The molecule has 4 nitrogen and oxygen atoms in total. The maximum Gasteiger partial charge on any atom is 0.227 e. The van der Waals surface area contributed by atoms with Crippen LogP contribution >= 0.6 is 0 Å². The maximum atomic E-state index is 5.70. The largest absolute Gasteiger partial charge is 0.494 e. The fourth-order valence-electron chi connectivity index (χ4n) is 2.34. The molecule has 0 bridgehead atoms. The van der Waals surface area contributed by atoms with Crippen molar-refractivity contribution in [2.45, 2.75) is 26.7 Å². The van der Waals surface area contributed by atoms with E-state index in [4.69, 9.17) is 9.26 Å². The standard InChI is InChI=1S/C19H20N2O2/c1-14-9-11-16(12-10-14)22-13-5-8-18-20-19(21-23-18)17-7-4-3-6-15(17)2/h3-4,6-7,9-12H,5,8,13H2,1-2H3. The van der Waals surface area contributed by atoms with E-state index in [1.807, 2.05) is 55.5 Å². The fourth-order valence-corrected chi connectivity index (χ4v) is 2.34. The number of ether oxygens (including phenoxy) is 1. The van der Waals surface area contributed by atoms with Gasteiger partial charge in [0.05, 0.1) is 6.61 Å². The average molecular weight is 308 g/mol. The topological polar surface area (TPSA) is 48.2 Å². The summed E-state index contributed by atoms with van der Waals surface area (Å²) in [6.45, 7) is 4.73. The molecule has 0 saturated carbocycles. The number of aromatic nitrogens is 2. The fraction of sp³-hybridized carbons (Fsp3) is 0.263. The molecule has 3 rings (SSSR count). The van der Waals surface area contributed by atoms with E-state index in [0.29, 0.717) is 24.7 Å². The van der Waals surface area contributed by atoms with Gasteiger partial charge in [-0.3, -0.25) is 0 Å². The highest BCUT2D eigenvalue weighted by Gasteiger charge is 2.10. The van der Waals surface area contributed by atoms with Gasteiger partial charge < -0.3 is 9.26 Å². The number of rotatable bonds is 6. The van der Waals surface area contributed by atoms with E-state index in [0.717, 1.165) is 23.3 Å². The van der Waals surface area contributed by atoms with Crippen LogP contribution in [0.3, 0.4) is 0 Å². The Morgan fingerprint density at radius 3 is 2.57 bits per heavy atom. The predicted molar refractivity (Wildman–Crippen MR) is 89.5 cm³/mol. The first-order valence-electron chi connectivity index (χ1n) is 7.80.